The standard InChI is InChI=1S/C16H19N3O4/c1-11(2)8-18(10-15(21)22)14(20)9-19-16(23)13-6-4-3-5-12(13)7-17-19/h3-7,11H,8-10H2,1-2H3,(H,21,22). The maximum absolute atomic E-state index is 12.3. The Morgan fingerprint density at radius 1 is 1.30 bits per heavy atom. The third kappa shape index (κ3) is 4.15. The van der Waals surface area contributed by atoms with Gasteiger partial charge in [0.25, 0.3) is 5.56 Å². The van der Waals surface area contributed by atoms with Crippen LogP contribution in [0.4, 0.5) is 0 Å². The Bertz CT molecular complexity index is 782. The molecule has 7 nitrogen and oxygen atoms in total. The molecule has 2 rings (SSSR count). The van der Waals surface area contributed by atoms with Gasteiger partial charge < -0.3 is 10.0 Å². The fraction of sp³-hybridized carbons (Fsp3) is 0.375. The topological polar surface area (TPSA) is 92.5 Å². The van der Waals surface area contributed by atoms with Crippen LogP contribution in [-0.4, -0.2) is 44.8 Å². The molecule has 1 N–H and O–H groups in total. The van der Waals surface area contributed by atoms with Crippen LogP contribution in [0, 0.1) is 5.92 Å². The smallest absolute Gasteiger partial charge is 0.323 e. The molecule has 0 aliphatic heterocycles. The Kier molecular flexibility index (Phi) is 5.10. The summed E-state index contributed by atoms with van der Waals surface area (Å²) in [6, 6.07) is 6.98. The number of benzene rings is 1. The SMILES string of the molecule is CC(C)CN(CC(=O)O)C(=O)Cn1ncc2ccccc2c1=O. The van der Waals surface area contributed by atoms with Crippen LogP contribution in [0.1, 0.15) is 13.8 Å². The second-order valence-electron chi connectivity index (χ2n) is 5.76. The minimum atomic E-state index is -1.09. The van der Waals surface area contributed by atoms with E-state index in [1.54, 1.807) is 24.3 Å². The Labute approximate surface area is 133 Å². The zero-order chi connectivity index (χ0) is 17.0. The van der Waals surface area contributed by atoms with Crippen LogP contribution in [0.2, 0.25) is 0 Å². The average molecular weight is 317 g/mol. The number of carboxylic acids is 1. The molecule has 0 unspecified atom stereocenters. The van der Waals surface area contributed by atoms with Gasteiger partial charge in [-0.05, 0) is 12.0 Å². The largest absolute Gasteiger partial charge is 0.480 e. The molecule has 122 valence electrons. The Hall–Kier alpha value is -2.70. The van der Waals surface area contributed by atoms with Gasteiger partial charge in [0.15, 0.2) is 0 Å². The number of amides is 1. The lowest BCUT2D eigenvalue weighted by atomic mass is 10.2. The lowest BCUT2D eigenvalue weighted by molar-refractivity contribution is -0.145. The van der Waals surface area contributed by atoms with Gasteiger partial charge in [-0.3, -0.25) is 14.4 Å². The highest BCUT2D eigenvalue weighted by Crippen LogP contribution is 2.07. The number of hydrogen-bond acceptors (Lipinski definition) is 4. The number of hydrogen-bond donors (Lipinski definition) is 1. The van der Waals surface area contributed by atoms with E-state index >= 15 is 0 Å². The van der Waals surface area contributed by atoms with Crippen molar-refractivity contribution in [2.24, 2.45) is 5.92 Å². The van der Waals surface area contributed by atoms with E-state index in [1.165, 1.54) is 11.1 Å². The molecule has 0 fully saturated rings. The lowest BCUT2D eigenvalue weighted by Crippen LogP contribution is -2.42. The number of fused-ring (bicyclic) bond motifs is 1. The number of carbonyl (C=O) groups is 2. The highest BCUT2D eigenvalue weighted by molar-refractivity contribution is 5.82. The monoisotopic (exact) mass is 317 g/mol. The van der Waals surface area contributed by atoms with Gasteiger partial charge >= 0.3 is 5.97 Å². The Morgan fingerprint density at radius 2 is 2.00 bits per heavy atom. The zero-order valence-electron chi connectivity index (χ0n) is 13.1. The van der Waals surface area contributed by atoms with Gasteiger partial charge in [-0.25, -0.2) is 4.68 Å². The second-order valence-corrected chi connectivity index (χ2v) is 5.76. The molecule has 23 heavy (non-hydrogen) atoms. The molecular weight excluding hydrogens is 298 g/mol. The van der Waals surface area contributed by atoms with Crippen LogP contribution in [0.3, 0.4) is 0 Å². The van der Waals surface area contributed by atoms with Gasteiger partial charge in [0.2, 0.25) is 5.91 Å². The Balaban J connectivity index is 2.25. The van der Waals surface area contributed by atoms with Crippen LogP contribution in [0.25, 0.3) is 10.8 Å². The van der Waals surface area contributed by atoms with Crippen molar-refractivity contribution in [3.63, 3.8) is 0 Å². The molecule has 1 heterocycles. The van der Waals surface area contributed by atoms with Crippen LogP contribution in [-0.2, 0) is 16.1 Å². The van der Waals surface area contributed by atoms with Crippen molar-refractivity contribution < 1.29 is 14.7 Å². The summed E-state index contributed by atoms with van der Waals surface area (Å²) in [6.07, 6.45) is 1.52. The molecule has 0 spiro atoms. The van der Waals surface area contributed by atoms with E-state index in [4.69, 9.17) is 5.11 Å². The van der Waals surface area contributed by atoms with Gasteiger partial charge in [-0.1, -0.05) is 32.0 Å². The highest BCUT2D eigenvalue weighted by Gasteiger charge is 2.19. The van der Waals surface area contributed by atoms with Gasteiger partial charge in [-0.2, -0.15) is 5.10 Å². The number of nitrogens with zero attached hydrogens (tertiary/aromatic N) is 3. The molecule has 0 aliphatic rings. The molecule has 0 saturated heterocycles. The molecule has 0 bridgehead atoms. The third-order valence-electron chi connectivity index (χ3n) is 3.31. The van der Waals surface area contributed by atoms with Crippen LogP contribution < -0.4 is 5.56 Å². The summed E-state index contributed by atoms with van der Waals surface area (Å²) in [7, 11) is 0. The van der Waals surface area contributed by atoms with Crippen molar-refractivity contribution in [3.05, 3.63) is 40.8 Å². The van der Waals surface area contributed by atoms with Crippen LogP contribution >= 0.6 is 0 Å². The van der Waals surface area contributed by atoms with E-state index in [2.05, 4.69) is 5.10 Å². The van der Waals surface area contributed by atoms with Gasteiger partial charge in [-0.15, -0.1) is 0 Å². The van der Waals surface area contributed by atoms with Gasteiger partial charge in [0, 0.05) is 11.9 Å². The van der Waals surface area contributed by atoms with E-state index in [0.29, 0.717) is 17.3 Å². The average Bonchev–Trinajstić information content (AvgIpc) is 2.48. The van der Waals surface area contributed by atoms with E-state index in [0.717, 1.165) is 4.68 Å². The minimum Gasteiger partial charge on any atom is -0.480 e. The normalized spacial score (nSPS) is 10.9. The van der Waals surface area contributed by atoms with Crippen molar-refractivity contribution in [2.45, 2.75) is 20.4 Å². The summed E-state index contributed by atoms with van der Waals surface area (Å²) in [4.78, 5) is 36.8. The van der Waals surface area contributed by atoms with E-state index in [-0.39, 0.29) is 24.6 Å². The van der Waals surface area contributed by atoms with Crippen molar-refractivity contribution in [3.8, 4) is 0 Å². The number of carboxylic acid groups (broad SMARTS) is 1. The molecular formula is C16H19N3O4. The van der Waals surface area contributed by atoms with E-state index < -0.39 is 11.9 Å². The minimum absolute atomic E-state index is 0.125. The molecule has 0 atom stereocenters. The first-order valence-electron chi connectivity index (χ1n) is 7.33. The maximum atomic E-state index is 12.3. The zero-order valence-corrected chi connectivity index (χ0v) is 13.1. The summed E-state index contributed by atoms with van der Waals surface area (Å²) in [5, 5.41) is 14.1. The maximum Gasteiger partial charge on any atom is 0.323 e. The molecule has 1 aromatic carbocycles. The summed E-state index contributed by atoms with van der Waals surface area (Å²) >= 11 is 0. The number of rotatable bonds is 6. The molecule has 2 aromatic rings. The first kappa shape index (κ1) is 16.7. The number of aliphatic carboxylic acids is 1. The second kappa shape index (κ2) is 7.04. The summed E-state index contributed by atoms with van der Waals surface area (Å²) in [5.41, 5.74) is -0.365. The molecule has 0 aliphatic carbocycles. The predicted octanol–water partition coefficient (Wildman–Crippen LogP) is 0.966. The molecule has 0 saturated carbocycles. The van der Waals surface area contributed by atoms with Crippen molar-refractivity contribution in [2.75, 3.05) is 13.1 Å². The molecule has 0 radical (unpaired) electrons. The number of aromatic nitrogens is 2. The molecule has 7 heteroatoms. The third-order valence-corrected chi connectivity index (χ3v) is 3.31. The van der Waals surface area contributed by atoms with E-state index in [1.807, 2.05) is 13.8 Å². The predicted molar refractivity (Wildman–Crippen MR) is 85.1 cm³/mol. The van der Waals surface area contributed by atoms with Crippen molar-refractivity contribution >= 4 is 22.6 Å². The quantitative estimate of drug-likeness (QED) is 0.857. The summed E-state index contributed by atoms with van der Waals surface area (Å²) in [5.74, 6) is -1.40. The highest BCUT2D eigenvalue weighted by atomic mass is 16.4. The Morgan fingerprint density at radius 3 is 2.65 bits per heavy atom. The summed E-state index contributed by atoms with van der Waals surface area (Å²) in [6.45, 7) is 3.43. The van der Waals surface area contributed by atoms with Gasteiger partial charge in [0.1, 0.15) is 13.1 Å². The van der Waals surface area contributed by atoms with Crippen LogP contribution in [0.15, 0.2) is 35.3 Å². The fourth-order valence-electron chi connectivity index (χ4n) is 2.33. The number of carbonyl (C=O) groups excluding carboxylic acids is 1. The lowest BCUT2D eigenvalue weighted by Gasteiger charge is -2.22. The molecule has 1 amide bonds. The first-order valence-corrected chi connectivity index (χ1v) is 7.33. The van der Waals surface area contributed by atoms with Crippen molar-refractivity contribution in [1.82, 2.24) is 14.7 Å². The molecule has 1 aromatic heterocycles. The summed E-state index contributed by atoms with van der Waals surface area (Å²) < 4.78 is 1.07. The first-order chi connectivity index (χ1) is 10.9. The fourth-order valence-corrected chi connectivity index (χ4v) is 2.33. The van der Waals surface area contributed by atoms with Crippen LogP contribution in [0.5, 0.6) is 0 Å². The van der Waals surface area contributed by atoms with Gasteiger partial charge in [0.05, 0.1) is 11.6 Å². The van der Waals surface area contributed by atoms with Crippen molar-refractivity contribution in [1.29, 1.82) is 0 Å². The van der Waals surface area contributed by atoms with E-state index in [9.17, 15) is 14.4 Å².